The highest BCUT2D eigenvalue weighted by molar-refractivity contribution is 7.26. The molecule has 0 spiro atoms. The minimum absolute atomic E-state index is 0.600. The Kier molecular flexibility index (Phi) is 2.96. The Morgan fingerprint density at radius 1 is 1.16 bits per heavy atom. The first-order chi connectivity index (χ1) is 9.19. The Balaban J connectivity index is 2.32. The Labute approximate surface area is 113 Å². The number of aromatic nitrogens is 2. The normalized spacial score (nSPS) is 10.9. The van der Waals surface area contributed by atoms with Crippen molar-refractivity contribution in [2.75, 3.05) is 7.11 Å². The lowest BCUT2D eigenvalue weighted by Crippen LogP contribution is -1.99. The predicted octanol–water partition coefficient (Wildman–Crippen LogP) is 2.71. The van der Waals surface area contributed by atoms with Crippen molar-refractivity contribution in [1.82, 2.24) is 9.97 Å². The number of oxazole rings is 1. The van der Waals surface area contributed by atoms with E-state index < -0.39 is 0 Å². The van der Waals surface area contributed by atoms with Crippen LogP contribution in [0.2, 0.25) is 0 Å². The summed E-state index contributed by atoms with van der Waals surface area (Å²) >= 11 is 0. The minimum atomic E-state index is 0.600. The monoisotopic (exact) mass is 272 g/mol. The van der Waals surface area contributed by atoms with Crippen LogP contribution in [0.25, 0.3) is 22.4 Å². The quantitative estimate of drug-likeness (QED) is 0.673. The van der Waals surface area contributed by atoms with Crippen molar-refractivity contribution in [3.05, 3.63) is 36.2 Å². The number of nitrogens with zero attached hydrogens (tertiary/aromatic N) is 2. The zero-order valence-corrected chi connectivity index (χ0v) is 11.8. The Morgan fingerprint density at radius 2 is 2.00 bits per heavy atom. The van der Waals surface area contributed by atoms with Gasteiger partial charge in [0.15, 0.2) is 0 Å². The maximum atomic E-state index is 5.48. The summed E-state index contributed by atoms with van der Waals surface area (Å²) in [6.07, 6.45) is 1.64. The number of fused-ring (bicyclic) bond motifs is 1. The average molecular weight is 272 g/mol. The molecule has 5 heteroatoms. The van der Waals surface area contributed by atoms with Gasteiger partial charge in [-0.15, -0.1) is 0 Å². The number of hydrogen-bond donors (Lipinski definition) is 0. The predicted molar refractivity (Wildman–Crippen MR) is 77.9 cm³/mol. The number of methoxy groups -OCH3 is 1. The molecule has 0 amide bonds. The van der Waals surface area contributed by atoms with Crippen molar-refractivity contribution in [2.24, 2.45) is 0 Å². The van der Waals surface area contributed by atoms with Gasteiger partial charge >= 0.3 is 0 Å². The first-order valence-electron chi connectivity index (χ1n) is 5.85. The maximum absolute atomic E-state index is 5.48. The topological polar surface area (TPSA) is 48.2 Å². The number of benzene rings is 1. The number of pyridine rings is 1. The third kappa shape index (κ3) is 2.08. The number of aryl methyl sites for hydroxylation is 1. The van der Waals surface area contributed by atoms with Gasteiger partial charge in [-0.1, -0.05) is 9.24 Å². The molecule has 96 valence electrons. The molecule has 0 saturated heterocycles. The third-order valence-corrected chi connectivity index (χ3v) is 3.23. The molecule has 4 nitrogen and oxygen atoms in total. The fourth-order valence-corrected chi connectivity index (χ4v) is 2.26. The van der Waals surface area contributed by atoms with Gasteiger partial charge in [0, 0.05) is 10.9 Å². The molecule has 0 aliphatic rings. The van der Waals surface area contributed by atoms with Crippen LogP contribution in [0, 0.1) is 6.92 Å². The van der Waals surface area contributed by atoms with Gasteiger partial charge in [0.1, 0.15) is 17.5 Å². The highest BCUT2D eigenvalue weighted by Crippen LogP contribution is 2.32. The largest absolute Gasteiger partial charge is 0.494 e. The molecule has 19 heavy (non-hydrogen) atoms. The molecule has 0 saturated carbocycles. The van der Waals surface area contributed by atoms with Crippen LogP contribution < -0.4 is 10.2 Å². The standard InChI is InChI=1S/C14H13N2O2P/c1-8-7-18-14(15-8)10-3-5-11(17-2)13-9(10)4-6-12(19)16-13/h3-7H,19H2,1-2H3. The van der Waals surface area contributed by atoms with E-state index in [1.165, 1.54) is 0 Å². The molecule has 3 rings (SSSR count). The first kappa shape index (κ1) is 12.1. The van der Waals surface area contributed by atoms with Crippen molar-refractivity contribution in [3.63, 3.8) is 0 Å². The van der Waals surface area contributed by atoms with Crippen LogP contribution in [-0.4, -0.2) is 17.1 Å². The fraction of sp³-hybridized carbons (Fsp3) is 0.143. The van der Waals surface area contributed by atoms with Gasteiger partial charge in [0.2, 0.25) is 5.89 Å². The highest BCUT2D eigenvalue weighted by atomic mass is 31.0. The van der Waals surface area contributed by atoms with Crippen LogP contribution in [0.4, 0.5) is 0 Å². The summed E-state index contributed by atoms with van der Waals surface area (Å²) in [5.41, 5.74) is 3.45. The summed E-state index contributed by atoms with van der Waals surface area (Å²) in [5.74, 6) is 1.34. The molecule has 0 radical (unpaired) electrons. The molecule has 2 aromatic heterocycles. The molecule has 1 atom stereocenters. The molecule has 1 unspecified atom stereocenters. The van der Waals surface area contributed by atoms with Gasteiger partial charge < -0.3 is 9.15 Å². The number of ether oxygens (including phenoxy) is 1. The molecule has 2 heterocycles. The first-order valence-corrected chi connectivity index (χ1v) is 6.42. The second-order valence-electron chi connectivity index (χ2n) is 4.24. The van der Waals surface area contributed by atoms with Gasteiger partial charge in [-0.05, 0) is 31.2 Å². The van der Waals surface area contributed by atoms with Crippen molar-refractivity contribution in [3.8, 4) is 17.2 Å². The zero-order chi connectivity index (χ0) is 13.4. The summed E-state index contributed by atoms with van der Waals surface area (Å²) in [4.78, 5) is 8.88. The van der Waals surface area contributed by atoms with E-state index >= 15 is 0 Å². The van der Waals surface area contributed by atoms with Gasteiger partial charge in [0.05, 0.1) is 18.2 Å². The van der Waals surface area contributed by atoms with Crippen molar-refractivity contribution in [2.45, 2.75) is 6.92 Å². The Bertz CT molecular complexity index is 752. The molecule has 3 aromatic rings. The van der Waals surface area contributed by atoms with Crippen LogP contribution in [-0.2, 0) is 0 Å². The summed E-state index contributed by atoms with van der Waals surface area (Å²) in [7, 11) is 4.23. The van der Waals surface area contributed by atoms with E-state index in [0.717, 1.165) is 33.3 Å². The van der Waals surface area contributed by atoms with Gasteiger partial charge in [-0.2, -0.15) is 0 Å². The SMILES string of the molecule is COc1ccc(-c2nc(C)co2)c2ccc(P)nc12. The third-order valence-electron chi connectivity index (χ3n) is 2.91. The van der Waals surface area contributed by atoms with E-state index in [-0.39, 0.29) is 0 Å². The second kappa shape index (κ2) is 4.63. The van der Waals surface area contributed by atoms with E-state index in [0.29, 0.717) is 5.89 Å². The van der Waals surface area contributed by atoms with Gasteiger partial charge in [-0.25, -0.2) is 9.97 Å². The van der Waals surface area contributed by atoms with E-state index in [4.69, 9.17) is 9.15 Å². The fourth-order valence-electron chi connectivity index (χ4n) is 2.04. The molecule has 0 aliphatic heterocycles. The molecule has 0 aliphatic carbocycles. The van der Waals surface area contributed by atoms with E-state index in [2.05, 4.69) is 19.2 Å². The molecular weight excluding hydrogens is 259 g/mol. The molecular formula is C14H13N2O2P. The lowest BCUT2D eigenvalue weighted by Gasteiger charge is -2.08. The van der Waals surface area contributed by atoms with Crippen LogP contribution in [0.15, 0.2) is 34.9 Å². The van der Waals surface area contributed by atoms with Crippen LogP contribution in [0.1, 0.15) is 5.69 Å². The summed E-state index contributed by atoms with van der Waals surface area (Å²) in [6.45, 7) is 1.90. The van der Waals surface area contributed by atoms with Crippen molar-refractivity contribution >= 4 is 25.6 Å². The smallest absolute Gasteiger partial charge is 0.226 e. The highest BCUT2D eigenvalue weighted by Gasteiger charge is 2.13. The lowest BCUT2D eigenvalue weighted by molar-refractivity contribution is 0.419. The van der Waals surface area contributed by atoms with Gasteiger partial charge in [0.25, 0.3) is 0 Å². The summed E-state index contributed by atoms with van der Waals surface area (Å²) in [5, 5.41) is 0.965. The maximum Gasteiger partial charge on any atom is 0.226 e. The molecule has 0 N–H and O–H groups in total. The lowest BCUT2D eigenvalue weighted by atomic mass is 10.1. The molecule has 1 aromatic carbocycles. The second-order valence-corrected chi connectivity index (χ2v) is 4.83. The Morgan fingerprint density at radius 3 is 2.68 bits per heavy atom. The zero-order valence-electron chi connectivity index (χ0n) is 10.7. The van der Waals surface area contributed by atoms with Crippen LogP contribution in [0.3, 0.4) is 0 Å². The van der Waals surface area contributed by atoms with Crippen molar-refractivity contribution < 1.29 is 9.15 Å². The number of hydrogen-bond acceptors (Lipinski definition) is 4. The minimum Gasteiger partial charge on any atom is -0.494 e. The summed E-state index contributed by atoms with van der Waals surface area (Å²) < 4.78 is 10.8. The van der Waals surface area contributed by atoms with Crippen LogP contribution >= 0.6 is 9.24 Å². The summed E-state index contributed by atoms with van der Waals surface area (Å²) in [6, 6.07) is 7.76. The molecule has 0 fully saturated rings. The van der Waals surface area contributed by atoms with Crippen LogP contribution in [0.5, 0.6) is 5.75 Å². The van der Waals surface area contributed by atoms with E-state index in [9.17, 15) is 0 Å². The number of rotatable bonds is 2. The molecule has 0 bridgehead atoms. The Hall–Kier alpha value is -1.93. The van der Waals surface area contributed by atoms with E-state index in [1.807, 2.05) is 31.2 Å². The average Bonchev–Trinajstić information content (AvgIpc) is 2.83. The van der Waals surface area contributed by atoms with Gasteiger partial charge in [-0.3, -0.25) is 0 Å². The van der Waals surface area contributed by atoms with E-state index in [1.54, 1.807) is 13.4 Å². The van der Waals surface area contributed by atoms with Crippen molar-refractivity contribution in [1.29, 1.82) is 0 Å².